The van der Waals surface area contributed by atoms with Crippen molar-refractivity contribution in [3.8, 4) is 5.75 Å². The number of benzene rings is 2. The zero-order valence-electron chi connectivity index (χ0n) is 13.5. The number of rotatable bonds is 5. The van der Waals surface area contributed by atoms with Crippen LogP contribution in [0.15, 0.2) is 42.6 Å². The van der Waals surface area contributed by atoms with Gasteiger partial charge in [0.25, 0.3) is 0 Å². The number of nitrogens with one attached hydrogen (secondary N) is 2. The molecule has 0 saturated carbocycles. The van der Waals surface area contributed by atoms with Crippen LogP contribution >= 0.6 is 11.6 Å². The monoisotopic (exact) mass is 359 g/mol. The number of aromatic nitrogens is 3. The van der Waals surface area contributed by atoms with E-state index < -0.39 is 5.82 Å². The topological polar surface area (TPSA) is 72.0 Å². The molecule has 6 nitrogen and oxygen atoms in total. The molecule has 0 amide bonds. The van der Waals surface area contributed by atoms with Crippen molar-refractivity contribution in [2.75, 3.05) is 17.7 Å². The molecule has 0 aliphatic heterocycles. The van der Waals surface area contributed by atoms with E-state index in [0.717, 1.165) is 11.3 Å². The summed E-state index contributed by atoms with van der Waals surface area (Å²) in [5.74, 6) is 0.911. The van der Waals surface area contributed by atoms with Crippen molar-refractivity contribution in [2.24, 2.45) is 0 Å². The summed E-state index contributed by atoms with van der Waals surface area (Å²) < 4.78 is 18.5. The molecule has 2 N–H and O–H groups in total. The first kappa shape index (κ1) is 16.9. The van der Waals surface area contributed by atoms with Crippen molar-refractivity contribution in [1.82, 2.24) is 15.2 Å². The van der Waals surface area contributed by atoms with Crippen molar-refractivity contribution < 1.29 is 9.13 Å². The van der Waals surface area contributed by atoms with E-state index in [2.05, 4.69) is 25.8 Å². The Morgan fingerprint density at radius 2 is 1.96 bits per heavy atom. The number of hydrogen-bond acceptors (Lipinski definition) is 6. The zero-order valence-corrected chi connectivity index (χ0v) is 14.3. The highest BCUT2D eigenvalue weighted by molar-refractivity contribution is 6.31. The lowest BCUT2D eigenvalue weighted by molar-refractivity contribution is 0.416. The van der Waals surface area contributed by atoms with Gasteiger partial charge in [0, 0.05) is 5.69 Å². The molecule has 0 fully saturated rings. The minimum atomic E-state index is -0.484. The second kappa shape index (κ2) is 7.31. The van der Waals surface area contributed by atoms with Gasteiger partial charge < -0.3 is 15.4 Å². The highest BCUT2D eigenvalue weighted by atomic mass is 35.5. The van der Waals surface area contributed by atoms with E-state index in [1.807, 2.05) is 25.1 Å². The van der Waals surface area contributed by atoms with Gasteiger partial charge in [0.15, 0.2) is 5.82 Å². The van der Waals surface area contributed by atoms with Crippen LogP contribution in [0, 0.1) is 12.7 Å². The molecule has 0 unspecified atom stereocenters. The quantitative estimate of drug-likeness (QED) is 0.700. The van der Waals surface area contributed by atoms with Gasteiger partial charge in [-0.1, -0.05) is 17.7 Å². The summed E-state index contributed by atoms with van der Waals surface area (Å²) in [6.07, 6.45) is 1.45. The van der Waals surface area contributed by atoms with E-state index in [1.165, 1.54) is 18.3 Å². The smallest absolute Gasteiger partial charge is 0.249 e. The molecule has 3 aromatic rings. The third kappa shape index (κ3) is 4.13. The summed E-state index contributed by atoms with van der Waals surface area (Å²) >= 11 is 5.78. The predicted molar refractivity (Wildman–Crippen MR) is 95.5 cm³/mol. The van der Waals surface area contributed by atoms with Crippen molar-refractivity contribution in [3.63, 3.8) is 0 Å². The van der Waals surface area contributed by atoms with Crippen LogP contribution in [-0.2, 0) is 0 Å². The fourth-order valence-electron chi connectivity index (χ4n) is 2.18. The van der Waals surface area contributed by atoms with Crippen molar-refractivity contribution in [2.45, 2.75) is 6.92 Å². The molecule has 8 heteroatoms. The Hall–Kier alpha value is -2.93. The molecule has 25 heavy (non-hydrogen) atoms. The number of anilines is 4. The summed E-state index contributed by atoms with van der Waals surface area (Å²) in [6.45, 7) is 1.97. The van der Waals surface area contributed by atoms with E-state index in [0.29, 0.717) is 23.2 Å². The number of methoxy groups -OCH3 is 1. The van der Waals surface area contributed by atoms with Crippen molar-refractivity contribution >= 4 is 34.7 Å². The Morgan fingerprint density at radius 1 is 1.12 bits per heavy atom. The standard InChI is InChI=1S/C17H15ClFN5O/c1-10-3-6-15(25-2)14(7-10)22-17-23-16(9-20-24-17)21-11-4-5-13(19)12(18)8-11/h3-9H,1-2H3,(H2,21,22,23,24). The molecule has 0 bridgehead atoms. The molecular formula is C17H15ClFN5O. The second-order valence-electron chi connectivity index (χ2n) is 5.25. The van der Waals surface area contributed by atoms with E-state index >= 15 is 0 Å². The Kier molecular flexibility index (Phi) is 4.95. The first-order valence-corrected chi connectivity index (χ1v) is 7.76. The average Bonchev–Trinajstić information content (AvgIpc) is 2.59. The second-order valence-corrected chi connectivity index (χ2v) is 5.66. The molecule has 0 spiro atoms. The van der Waals surface area contributed by atoms with Crippen LogP contribution in [0.5, 0.6) is 5.75 Å². The third-order valence-corrected chi connectivity index (χ3v) is 3.64. The Bertz CT molecular complexity index is 906. The summed E-state index contributed by atoms with van der Waals surface area (Å²) in [5.41, 5.74) is 2.38. The molecule has 128 valence electrons. The number of aryl methyl sites for hydroxylation is 1. The van der Waals surface area contributed by atoms with Gasteiger partial charge in [-0.3, -0.25) is 0 Å². The normalized spacial score (nSPS) is 10.4. The van der Waals surface area contributed by atoms with Crippen LogP contribution in [0.4, 0.5) is 27.5 Å². The van der Waals surface area contributed by atoms with Crippen LogP contribution in [-0.4, -0.2) is 22.3 Å². The molecule has 0 saturated heterocycles. The van der Waals surface area contributed by atoms with E-state index in [4.69, 9.17) is 16.3 Å². The fourth-order valence-corrected chi connectivity index (χ4v) is 2.36. The number of halogens is 2. The van der Waals surface area contributed by atoms with Gasteiger partial charge in [0.1, 0.15) is 11.6 Å². The maximum atomic E-state index is 13.2. The van der Waals surface area contributed by atoms with Crippen LogP contribution < -0.4 is 15.4 Å². The molecule has 1 heterocycles. The SMILES string of the molecule is COc1ccc(C)cc1Nc1nncc(Nc2ccc(F)c(Cl)c2)n1. The van der Waals surface area contributed by atoms with Gasteiger partial charge >= 0.3 is 0 Å². The van der Waals surface area contributed by atoms with Gasteiger partial charge in [-0.15, -0.1) is 5.10 Å². The number of nitrogens with zero attached hydrogens (tertiary/aromatic N) is 3. The van der Waals surface area contributed by atoms with Gasteiger partial charge in [-0.25, -0.2) is 4.39 Å². The van der Waals surface area contributed by atoms with Crippen LogP contribution in [0.3, 0.4) is 0 Å². The summed E-state index contributed by atoms with van der Waals surface area (Å²) in [5, 5.41) is 14.0. The van der Waals surface area contributed by atoms with Crippen molar-refractivity contribution in [1.29, 1.82) is 0 Å². The molecule has 3 rings (SSSR count). The summed E-state index contributed by atoms with van der Waals surface area (Å²) in [4.78, 5) is 4.33. The Balaban J connectivity index is 1.82. The molecule has 0 atom stereocenters. The molecule has 1 aromatic heterocycles. The number of ether oxygens (including phenoxy) is 1. The Labute approximate surface area is 149 Å². The lowest BCUT2D eigenvalue weighted by Crippen LogP contribution is -2.03. The maximum Gasteiger partial charge on any atom is 0.249 e. The lowest BCUT2D eigenvalue weighted by Gasteiger charge is -2.11. The summed E-state index contributed by atoms with van der Waals surface area (Å²) in [6, 6.07) is 10.0. The minimum Gasteiger partial charge on any atom is -0.495 e. The molecule has 2 aromatic carbocycles. The van der Waals surface area contributed by atoms with E-state index in [-0.39, 0.29) is 5.02 Å². The first-order valence-electron chi connectivity index (χ1n) is 7.38. The predicted octanol–water partition coefficient (Wildman–Crippen LogP) is 4.47. The third-order valence-electron chi connectivity index (χ3n) is 3.35. The Morgan fingerprint density at radius 3 is 2.72 bits per heavy atom. The minimum absolute atomic E-state index is 0.0230. The van der Waals surface area contributed by atoms with Gasteiger partial charge in [0.2, 0.25) is 5.95 Å². The lowest BCUT2D eigenvalue weighted by atomic mass is 10.2. The molecule has 0 radical (unpaired) electrons. The van der Waals surface area contributed by atoms with Crippen LogP contribution in [0.2, 0.25) is 5.02 Å². The van der Waals surface area contributed by atoms with Crippen molar-refractivity contribution in [3.05, 3.63) is 59.0 Å². The first-order chi connectivity index (χ1) is 12.0. The van der Waals surface area contributed by atoms with Crippen LogP contribution in [0.25, 0.3) is 0 Å². The van der Waals surface area contributed by atoms with E-state index in [9.17, 15) is 4.39 Å². The van der Waals surface area contributed by atoms with E-state index in [1.54, 1.807) is 13.2 Å². The molecule has 0 aliphatic rings. The highest BCUT2D eigenvalue weighted by Gasteiger charge is 2.08. The fraction of sp³-hybridized carbons (Fsp3) is 0.118. The largest absolute Gasteiger partial charge is 0.495 e. The average molecular weight is 360 g/mol. The molecule has 0 aliphatic carbocycles. The zero-order chi connectivity index (χ0) is 17.8. The highest BCUT2D eigenvalue weighted by Crippen LogP contribution is 2.28. The number of hydrogen-bond donors (Lipinski definition) is 2. The maximum absolute atomic E-state index is 13.2. The van der Waals surface area contributed by atoms with Gasteiger partial charge in [-0.2, -0.15) is 10.1 Å². The van der Waals surface area contributed by atoms with Gasteiger partial charge in [-0.05, 0) is 42.8 Å². The van der Waals surface area contributed by atoms with Gasteiger partial charge in [0.05, 0.1) is 24.0 Å². The molecular weight excluding hydrogens is 345 g/mol. The van der Waals surface area contributed by atoms with Crippen LogP contribution in [0.1, 0.15) is 5.56 Å². The summed E-state index contributed by atoms with van der Waals surface area (Å²) in [7, 11) is 1.59.